The van der Waals surface area contributed by atoms with E-state index in [0.29, 0.717) is 28.3 Å². The summed E-state index contributed by atoms with van der Waals surface area (Å²) in [5, 5.41) is 0.516. The third-order valence-electron chi connectivity index (χ3n) is 4.92. The number of carbonyl (C=O) groups is 1. The van der Waals surface area contributed by atoms with Crippen LogP contribution in [0.5, 0.6) is 0 Å². The Kier molecular flexibility index (Phi) is 3.90. The second kappa shape index (κ2) is 6.12. The maximum absolute atomic E-state index is 12.7. The standard InChI is InChI=1S/C20H21N3O3/c1-11-10-16(12(2)23(11)14-8-9-14)20(25)26-13(3)18-21-17-7-5-4-6-15(17)19(24)22-18/h4-7,10,13-14H,8-9H2,1-3H3,(H,21,22,24)/t13-/m1/s1. The van der Waals surface area contributed by atoms with Crippen molar-refractivity contribution in [1.82, 2.24) is 14.5 Å². The Morgan fingerprint density at radius 2 is 2.04 bits per heavy atom. The van der Waals surface area contributed by atoms with Crippen LogP contribution in [0, 0.1) is 13.8 Å². The molecule has 1 aromatic carbocycles. The number of hydrogen-bond acceptors (Lipinski definition) is 4. The van der Waals surface area contributed by atoms with Gasteiger partial charge in [0.2, 0.25) is 0 Å². The van der Waals surface area contributed by atoms with Crippen molar-refractivity contribution in [3.63, 3.8) is 0 Å². The van der Waals surface area contributed by atoms with Crippen molar-refractivity contribution in [1.29, 1.82) is 0 Å². The molecule has 2 heterocycles. The van der Waals surface area contributed by atoms with Gasteiger partial charge in [-0.15, -0.1) is 0 Å². The molecule has 0 aliphatic heterocycles. The van der Waals surface area contributed by atoms with E-state index in [1.54, 1.807) is 25.1 Å². The van der Waals surface area contributed by atoms with Gasteiger partial charge < -0.3 is 14.3 Å². The first-order valence-electron chi connectivity index (χ1n) is 8.84. The molecule has 3 aromatic rings. The Bertz CT molecular complexity index is 1060. The number of aromatic nitrogens is 3. The van der Waals surface area contributed by atoms with Gasteiger partial charge in [0.25, 0.3) is 5.56 Å². The second-order valence-electron chi connectivity index (χ2n) is 6.90. The molecule has 0 unspecified atom stereocenters. The molecule has 1 aliphatic rings. The minimum atomic E-state index is -0.649. The number of para-hydroxylation sites is 1. The first-order valence-corrected chi connectivity index (χ1v) is 8.84. The van der Waals surface area contributed by atoms with E-state index in [0.717, 1.165) is 24.2 Å². The fourth-order valence-electron chi connectivity index (χ4n) is 3.46. The molecule has 1 atom stereocenters. The summed E-state index contributed by atoms with van der Waals surface area (Å²) < 4.78 is 7.80. The van der Waals surface area contributed by atoms with E-state index in [2.05, 4.69) is 14.5 Å². The summed E-state index contributed by atoms with van der Waals surface area (Å²) in [7, 11) is 0. The van der Waals surface area contributed by atoms with E-state index in [4.69, 9.17) is 4.74 Å². The summed E-state index contributed by atoms with van der Waals surface area (Å²) in [6.07, 6.45) is 1.66. The Morgan fingerprint density at radius 1 is 1.31 bits per heavy atom. The number of rotatable bonds is 4. The predicted octanol–water partition coefficient (Wildman–Crippen LogP) is 3.59. The third-order valence-corrected chi connectivity index (χ3v) is 4.92. The molecule has 6 heteroatoms. The molecular formula is C20H21N3O3. The SMILES string of the molecule is Cc1cc(C(=O)O[C@H](C)c2nc3ccccc3c(=O)[nH]2)c(C)n1C1CC1. The lowest BCUT2D eigenvalue weighted by Crippen LogP contribution is -2.17. The fraction of sp³-hybridized carbons (Fsp3) is 0.350. The van der Waals surface area contributed by atoms with Crippen LogP contribution in [0.2, 0.25) is 0 Å². The largest absolute Gasteiger partial charge is 0.451 e. The lowest BCUT2D eigenvalue weighted by Gasteiger charge is -2.13. The topological polar surface area (TPSA) is 77.0 Å². The molecule has 2 aromatic heterocycles. The zero-order valence-electron chi connectivity index (χ0n) is 15.1. The van der Waals surface area contributed by atoms with Crippen LogP contribution in [-0.4, -0.2) is 20.5 Å². The molecule has 26 heavy (non-hydrogen) atoms. The summed E-state index contributed by atoms with van der Waals surface area (Å²) in [6, 6.07) is 9.48. The normalized spacial score (nSPS) is 15.2. The number of H-pyrrole nitrogens is 1. The van der Waals surface area contributed by atoms with E-state index in [1.807, 2.05) is 26.0 Å². The summed E-state index contributed by atoms with van der Waals surface area (Å²) >= 11 is 0. The van der Waals surface area contributed by atoms with E-state index in [9.17, 15) is 9.59 Å². The van der Waals surface area contributed by atoms with Crippen molar-refractivity contribution in [3.8, 4) is 0 Å². The van der Waals surface area contributed by atoms with Crippen molar-refractivity contribution in [2.45, 2.75) is 45.8 Å². The molecule has 1 N–H and O–H groups in total. The Hall–Kier alpha value is -2.89. The average molecular weight is 351 g/mol. The van der Waals surface area contributed by atoms with Gasteiger partial charge in [-0.1, -0.05) is 12.1 Å². The summed E-state index contributed by atoms with van der Waals surface area (Å²) in [5.74, 6) is -0.0497. The van der Waals surface area contributed by atoms with Crippen LogP contribution < -0.4 is 5.56 Å². The van der Waals surface area contributed by atoms with Crippen LogP contribution >= 0.6 is 0 Å². The zero-order chi connectivity index (χ0) is 18.4. The molecule has 134 valence electrons. The summed E-state index contributed by atoms with van der Waals surface area (Å²) in [6.45, 7) is 5.67. The van der Waals surface area contributed by atoms with Gasteiger partial charge in [-0.3, -0.25) is 4.79 Å². The first kappa shape index (κ1) is 16.6. The van der Waals surface area contributed by atoms with Crippen LogP contribution in [0.1, 0.15) is 59.5 Å². The number of carbonyl (C=O) groups excluding carboxylic acids is 1. The van der Waals surface area contributed by atoms with Gasteiger partial charge in [-0.25, -0.2) is 9.78 Å². The minimum Gasteiger partial charge on any atom is -0.451 e. The monoisotopic (exact) mass is 351 g/mol. The molecule has 0 bridgehead atoms. The van der Waals surface area contributed by atoms with Crippen molar-refractivity contribution in [2.24, 2.45) is 0 Å². The molecule has 1 saturated carbocycles. The molecule has 4 rings (SSSR count). The van der Waals surface area contributed by atoms with Crippen LogP contribution in [0.3, 0.4) is 0 Å². The molecule has 0 spiro atoms. The average Bonchev–Trinajstić information content (AvgIpc) is 3.39. The number of hydrogen-bond donors (Lipinski definition) is 1. The number of nitrogens with zero attached hydrogens (tertiary/aromatic N) is 2. The highest BCUT2D eigenvalue weighted by Crippen LogP contribution is 2.38. The number of esters is 1. The maximum atomic E-state index is 12.7. The van der Waals surface area contributed by atoms with Crippen molar-refractivity contribution in [2.75, 3.05) is 0 Å². The van der Waals surface area contributed by atoms with Crippen LogP contribution in [0.25, 0.3) is 10.9 Å². The van der Waals surface area contributed by atoms with Gasteiger partial charge in [-0.2, -0.15) is 0 Å². The second-order valence-corrected chi connectivity index (χ2v) is 6.90. The predicted molar refractivity (Wildman–Crippen MR) is 98.4 cm³/mol. The third kappa shape index (κ3) is 2.81. The van der Waals surface area contributed by atoms with Crippen molar-refractivity contribution in [3.05, 3.63) is 63.5 Å². The van der Waals surface area contributed by atoms with Crippen molar-refractivity contribution >= 4 is 16.9 Å². The number of aryl methyl sites for hydroxylation is 1. The molecule has 0 amide bonds. The molecular weight excluding hydrogens is 330 g/mol. The van der Waals surface area contributed by atoms with Gasteiger partial charge in [0.05, 0.1) is 16.5 Å². The van der Waals surface area contributed by atoms with E-state index < -0.39 is 12.1 Å². The van der Waals surface area contributed by atoms with Crippen LogP contribution in [0.4, 0.5) is 0 Å². The smallest absolute Gasteiger partial charge is 0.340 e. The first-order chi connectivity index (χ1) is 12.5. The number of ether oxygens (including phenoxy) is 1. The molecule has 6 nitrogen and oxygen atoms in total. The quantitative estimate of drug-likeness (QED) is 0.729. The van der Waals surface area contributed by atoms with E-state index >= 15 is 0 Å². The molecule has 1 fully saturated rings. The Balaban J connectivity index is 1.60. The van der Waals surface area contributed by atoms with Crippen LogP contribution in [-0.2, 0) is 4.74 Å². The lowest BCUT2D eigenvalue weighted by atomic mass is 10.2. The lowest BCUT2D eigenvalue weighted by molar-refractivity contribution is 0.0319. The van der Waals surface area contributed by atoms with Gasteiger partial charge >= 0.3 is 5.97 Å². The Labute approximate surface area is 150 Å². The summed E-state index contributed by atoms with van der Waals surface area (Å²) in [4.78, 5) is 32.0. The molecule has 1 aliphatic carbocycles. The minimum absolute atomic E-state index is 0.236. The maximum Gasteiger partial charge on any atom is 0.340 e. The zero-order valence-corrected chi connectivity index (χ0v) is 15.1. The fourth-order valence-corrected chi connectivity index (χ4v) is 3.46. The van der Waals surface area contributed by atoms with Crippen molar-refractivity contribution < 1.29 is 9.53 Å². The van der Waals surface area contributed by atoms with Gasteiger partial charge in [-0.05, 0) is 51.8 Å². The van der Waals surface area contributed by atoms with Gasteiger partial charge in [0, 0.05) is 17.4 Å². The van der Waals surface area contributed by atoms with E-state index in [1.165, 1.54) is 0 Å². The molecule has 0 radical (unpaired) electrons. The number of benzene rings is 1. The highest BCUT2D eigenvalue weighted by Gasteiger charge is 2.29. The number of fused-ring (bicyclic) bond motifs is 1. The highest BCUT2D eigenvalue weighted by atomic mass is 16.5. The van der Waals surface area contributed by atoms with Gasteiger partial charge in [0.1, 0.15) is 0 Å². The number of nitrogens with one attached hydrogen (secondary N) is 1. The summed E-state index contributed by atoms with van der Waals surface area (Å²) in [5.41, 5.74) is 2.93. The Morgan fingerprint density at radius 3 is 2.77 bits per heavy atom. The van der Waals surface area contributed by atoms with Gasteiger partial charge in [0.15, 0.2) is 11.9 Å². The molecule has 0 saturated heterocycles. The number of aromatic amines is 1. The van der Waals surface area contributed by atoms with E-state index in [-0.39, 0.29) is 5.56 Å². The highest BCUT2D eigenvalue weighted by molar-refractivity contribution is 5.91. The van der Waals surface area contributed by atoms with Crippen LogP contribution in [0.15, 0.2) is 35.1 Å².